The van der Waals surface area contributed by atoms with Crippen LogP contribution >= 0.6 is 0 Å². The van der Waals surface area contributed by atoms with Crippen LogP contribution in [0.3, 0.4) is 0 Å². The fourth-order valence-corrected chi connectivity index (χ4v) is 1.71. The monoisotopic (exact) mass is 214 g/mol. The average Bonchev–Trinajstić information content (AvgIpc) is 2.28. The fourth-order valence-electron chi connectivity index (χ4n) is 1.71. The number of rotatable bonds is 10. The highest BCUT2D eigenvalue weighted by atomic mass is 16.3. The van der Waals surface area contributed by atoms with Crippen molar-refractivity contribution in [1.82, 2.24) is 0 Å². The molecule has 0 aliphatic rings. The van der Waals surface area contributed by atoms with Crippen molar-refractivity contribution in [2.75, 3.05) is 0 Å². The zero-order valence-electron chi connectivity index (χ0n) is 12.4. The van der Waals surface area contributed by atoms with E-state index in [0.717, 1.165) is 56.9 Å². The van der Waals surface area contributed by atoms with E-state index in [1.807, 2.05) is 0 Å². The van der Waals surface area contributed by atoms with Crippen LogP contribution in [-0.2, 0) is 0 Å². The molecule has 15 heavy (non-hydrogen) atoms. The number of aliphatic hydroxyl groups is 1. The number of aliphatic hydroxyl groups excluding tert-OH is 1. The minimum Gasteiger partial charge on any atom is -0.393 e. The molecule has 0 aromatic rings. The molecular weight excluding hydrogens is 184 g/mol. The van der Waals surface area contributed by atoms with Crippen LogP contribution in [-0.4, -0.2) is 11.2 Å². The average molecular weight is 214 g/mol. The summed E-state index contributed by atoms with van der Waals surface area (Å²) in [6.07, 6.45) is 8.47. The maximum atomic E-state index is 9.85. The van der Waals surface area contributed by atoms with Gasteiger partial charge in [-0.2, -0.15) is 0 Å². The van der Waals surface area contributed by atoms with Crippen molar-refractivity contribution in [2.45, 2.75) is 77.7 Å². The van der Waals surface area contributed by atoms with Crippen LogP contribution in [0.25, 0.3) is 0 Å². The minimum absolute atomic E-state index is 0.0874. The summed E-state index contributed by atoms with van der Waals surface area (Å²) in [5.74, 6) is 0. The molecule has 1 N–H and O–H groups in total. The number of hydrogen-bond acceptors (Lipinski definition) is 1. The third kappa shape index (κ3) is 9.99. The third-order valence-electron chi connectivity index (χ3n) is 2.71. The molecular formula is C14H28O. The van der Waals surface area contributed by atoms with Crippen molar-refractivity contribution in [3.63, 3.8) is 0 Å². The van der Waals surface area contributed by atoms with Gasteiger partial charge >= 0.3 is 0 Å². The van der Waals surface area contributed by atoms with E-state index in [4.69, 9.17) is 2.74 Å². The quantitative estimate of drug-likeness (QED) is 0.420. The summed E-state index contributed by atoms with van der Waals surface area (Å²) in [5, 5.41) is 9.85. The lowest BCUT2D eigenvalue weighted by atomic mass is 10.00. The van der Waals surface area contributed by atoms with Crippen molar-refractivity contribution < 1.29 is 7.85 Å². The molecule has 0 rings (SSSR count). The lowest BCUT2D eigenvalue weighted by molar-refractivity contribution is 0.160. The van der Waals surface area contributed by atoms with Gasteiger partial charge in [-0.1, -0.05) is 58.1 Å². The Kier molecular flexibility index (Phi) is 7.63. The van der Waals surface area contributed by atoms with Gasteiger partial charge in [0.05, 0.1) is 8.85 Å². The van der Waals surface area contributed by atoms with Crippen LogP contribution in [0, 0.1) is 0 Å². The lowest BCUT2D eigenvalue weighted by Gasteiger charge is -2.12. The molecule has 0 saturated carbocycles. The normalized spacial score (nSPS) is 14.3. The molecule has 1 unspecified atom stereocenters. The standard InChI is InChI=1S/C14H28O/c1-4-6-8-10-13(3)12-14(15)11-9-7-5-2/h14-15H,3-12H2,1-2H3/i3D2. The van der Waals surface area contributed by atoms with E-state index < -0.39 is 0 Å². The first-order valence-electron chi connectivity index (χ1n) is 7.45. The van der Waals surface area contributed by atoms with E-state index in [1.54, 1.807) is 0 Å². The number of unbranched alkanes of at least 4 members (excludes halogenated alkanes) is 4. The van der Waals surface area contributed by atoms with E-state index in [0.29, 0.717) is 6.42 Å². The van der Waals surface area contributed by atoms with Crippen LogP contribution in [0.2, 0.25) is 0 Å². The lowest BCUT2D eigenvalue weighted by Crippen LogP contribution is -2.07. The Morgan fingerprint density at radius 3 is 2.47 bits per heavy atom. The van der Waals surface area contributed by atoms with Crippen LogP contribution in [0.1, 0.15) is 74.4 Å². The molecule has 0 heterocycles. The highest BCUT2D eigenvalue weighted by Gasteiger charge is 2.05. The summed E-state index contributed by atoms with van der Waals surface area (Å²) in [6, 6.07) is 0. The first-order chi connectivity index (χ1) is 8.11. The van der Waals surface area contributed by atoms with Crippen LogP contribution in [0.5, 0.6) is 0 Å². The van der Waals surface area contributed by atoms with Gasteiger partial charge in [-0.15, -0.1) is 0 Å². The third-order valence-corrected chi connectivity index (χ3v) is 2.71. The molecule has 0 fully saturated rings. The zero-order chi connectivity index (χ0) is 13.1. The summed E-state index contributed by atoms with van der Waals surface area (Å²) >= 11 is 0. The van der Waals surface area contributed by atoms with E-state index in [9.17, 15) is 5.11 Å². The smallest absolute Gasteiger partial charge is 0.0577 e. The van der Waals surface area contributed by atoms with Gasteiger partial charge in [0.1, 0.15) is 0 Å². The molecule has 1 heteroatoms. The molecule has 0 amide bonds. The van der Waals surface area contributed by atoms with Gasteiger partial charge < -0.3 is 5.11 Å². The zero-order valence-corrected chi connectivity index (χ0v) is 10.4. The predicted molar refractivity (Wildman–Crippen MR) is 68.0 cm³/mol. The second-order valence-corrected chi connectivity index (χ2v) is 4.41. The van der Waals surface area contributed by atoms with Gasteiger partial charge in [0.25, 0.3) is 0 Å². The maximum Gasteiger partial charge on any atom is 0.0577 e. The van der Waals surface area contributed by atoms with Crippen molar-refractivity contribution in [1.29, 1.82) is 0 Å². The van der Waals surface area contributed by atoms with E-state index >= 15 is 0 Å². The van der Waals surface area contributed by atoms with Crippen molar-refractivity contribution >= 4 is 0 Å². The Morgan fingerprint density at radius 1 is 1.20 bits per heavy atom. The Labute approximate surface area is 98.4 Å². The summed E-state index contributed by atoms with van der Waals surface area (Å²) in [5.41, 5.74) is 0.822. The fraction of sp³-hybridized carbons (Fsp3) is 0.857. The van der Waals surface area contributed by atoms with Crippen LogP contribution < -0.4 is 0 Å². The van der Waals surface area contributed by atoms with E-state index in [-0.39, 0.29) is 12.6 Å². The minimum atomic E-state index is -0.358. The SMILES string of the molecule is [2H]C([2H])=C(CCCCC)CC(O)CCCCC. The van der Waals surface area contributed by atoms with Gasteiger partial charge in [-0.25, -0.2) is 0 Å². The molecule has 0 spiro atoms. The Balaban J connectivity index is 3.95. The molecule has 0 aromatic carbocycles. The Morgan fingerprint density at radius 2 is 1.87 bits per heavy atom. The molecule has 0 aliphatic heterocycles. The molecule has 0 bridgehead atoms. The molecule has 1 nitrogen and oxygen atoms in total. The molecule has 0 saturated heterocycles. The summed E-state index contributed by atoms with van der Waals surface area (Å²) in [7, 11) is 0. The second-order valence-electron chi connectivity index (χ2n) is 4.41. The van der Waals surface area contributed by atoms with Crippen LogP contribution in [0.15, 0.2) is 12.1 Å². The summed E-state index contributed by atoms with van der Waals surface area (Å²) < 4.78 is 14.8. The number of hydrogen-bond donors (Lipinski definition) is 1. The molecule has 0 aliphatic carbocycles. The first-order valence-corrected chi connectivity index (χ1v) is 6.45. The molecule has 1 atom stereocenters. The topological polar surface area (TPSA) is 20.2 Å². The Hall–Kier alpha value is -0.300. The molecule has 0 aromatic heterocycles. The van der Waals surface area contributed by atoms with E-state index in [1.165, 1.54) is 0 Å². The van der Waals surface area contributed by atoms with Crippen molar-refractivity contribution in [3.8, 4) is 0 Å². The summed E-state index contributed by atoms with van der Waals surface area (Å²) in [6.45, 7) is 4.20. The van der Waals surface area contributed by atoms with Crippen molar-refractivity contribution in [3.05, 3.63) is 12.1 Å². The Bertz CT molecular complexity index is 210. The molecule has 0 radical (unpaired) electrons. The largest absolute Gasteiger partial charge is 0.393 e. The van der Waals surface area contributed by atoms with E-state index in [2.05, 4.69) is 13.8 Å². The van der Waals surface area contributed by atoms with Gasteiger partial charge in [0.2, 0.25) is 0 Å². The predicted octanol–water partition coefficient (Wildman–Crippen LogP) is 4.45. The van der Waals surface area contributed by atoms with Crippen LogP contribution in [0.4, 0.5) is 0 Å². The second kappa shape index (κ2) is 10.2. The maximum absolute atomic E-state index is 9.85. The van der Waals surface area contributed by atoms with Crippen molar-refractivity contribution in [2.24, 2.45) is 0 Å². The molecule has 90 valence electrons. The summed E-state index contributed by atoms with van der Waals surface area (Å²) in [4.78, 5) is 0. The highest BCUT2D eigenvalue weighted by molar-refractivity contribution is 4.95. The van der Waals surface area contributed by atoms with Gasteiger partial charge in [0.15, 0.2) is 0 Å². The first kappa shape index (κ1) is 11.2. The van der Waals surface area contributed by atoms with Gasteiger partial charge in [0, 0.05) is 0 Å². The van der Waals surface area contributed by atoms with Gasteiger partial charge in [-0.05, 0) is 25.7 Å². The highest BCUT2D eigenvalue weighted by Crippen LogP contribution is 2.15. The van der Waals surface area contributed by atoms with Gasteiger partial charge in [-0.3, -0.25) is 0 Å².